The zero-order chi connectivity index (χ0) is 25.7. The van der Waals surface area contributed by atoms with Gasteiger partial charge in [0.2, 0.25) is 0 Å². The van der Waals surface area contributed by atoms with E-state index in [1.807, 2.05) is 5.32 Å². The highest BCUT2D eigenvalue weighted by atomic mass is 19.4. The average molecular weight is 497 g/mol. The zero-order valence-corrected chi connectivity index (χ0v) is 16.7. The largest absolute Gasteiger partial charge is 0.478 e. The fraction of sp³-hybridized carbons (Fsp3) is 0.579. The molecule has 1 saturated carbocycles. The number of rotatable bonds is 7. The number of benzene rings is 1. The van der Waals surface area contributed by atoms with Gasteiger partial charge in [-0.3, -0.25) is 0 Å². The summed E-state index contributed by atoms with van der Waals surface area (Å²) in [6.45, 7) is -1.93. The molecule has 0 bridgehead atoms. The highest BCUT2D eigenvalue weighted by Gasteiger charge is 2.81. The molecule has 0 radical (unpaired) electrons. The van der Waals surface area contributed by atoms with Crippen LogP contribution in [0.2, 0.25) is 0 Å². The Morgan fingerprint density at radius 1 is 0.788 bits per heavy atom. The van der Waals surface area contributed by atoms with E-state index in [0.717, 1.165) is 6.42 Å². The monoisotopic (exact) mass is 497 g/mol. The quantitative estimate of drug-likeness (QED) is 0.436. The molecule has 0 heterocycles. The third-order valence-electron chi connectivity index (χ3n) is 4.82. The summed E-state index contributed by atoms with van der Waals surface area (Å²) >= 11 is 0. The number of aromatic carboxylic acids is 2. The van der Waals surface area contributed by atoms with E-state index in [0.29, 0.717) is 25.7 Å². The Labute approximate surface area is 181 Å². The molecule has 1 aromatic rings. The lowest BCUT2D eigenvalue weighted by molar-refractivity contribution is -0.394. The van der Waals surface area contributed by atoms with Gasteiger partial charge in [0.25, 0.3) is 0 Å². The van der Waals surface area contributed by atoms with Crippen LogP contribution in [0.4, 0.5) is 39.5 Å². The lowest BCUT2D eigenvalue weighted by atomic mass is 9.95. The van der Waals surface area contributed by atoms with E-state index < -0.39 is 48.5 Å². The van der Waals surface area contributed by atoms with Crippen LogP contribution in [0.15, 0.2) is 24.3 Å². The second-order valence-corrected chi connectivity index (χ2v) is 7.22. The standard InChI is InChI=1S/C11H14F9N.C8H6O4/c12-8(13,6-21-7-4-2-1-3-5-7)9(14,15)10(16,17)11(18,19)20;9-7(10)5-3-1-2-4-6(5)8(11)12/h7,21H,1-6H2;1-4H,(H,9,10)(H,11,12). The van der Waals surface area contributed by atoms with Crippen LogP contribution in [0.1, 0.15) is 52.8 Å². The van der Waals surface area contributed by atoms with E-state index >= 15 is 0 Å². The van der Waals surface area contributed by atoms with E-state index in [4.69, 9.17) is 10.2 Å². The van der Waals surface area contributed by atoms with E-state index in [-0.39, 0.29) is 11.1 Å². The number of hydrogen-bond acceptors (Lipinski definition) is 3. The van der Waals surface area contributed by atoms with Gasteiger partial charge >= 0.3 is 35.9 Å². The summed E-state index contributed by atoms with van der Waals surface area (Å²) in [6, 6.07) is 4.89. The highest BCUT2D eigenvalue weighted by molar-refractivity contribution is 6.01. The molecule has 188 valence electrons. The van der Waals surface area contributed by atoms with Gasteiger partial charge in [-0.25, -0.2) is 9.59 Å². The fourth-order valence-electron chi connectivity index (χ4n) is 2.95. The number of alkyl halides is 9. The van der Waals surface area contributed by atoms with Crippen LogP contribution in [0, 0.1) is 0 Å². The van der Waals surface area contributed by atoms with Crippen LogP contribution < -0.4 is 5.32 Å². The maximum atomic E-state index is 13.2. The second kappa shape index (κ2) is 10.6. The number of carboxylic acid groups (broad SMARTS) is 2. The van der Waals surface area contributed by atoms with Crippen molar-refractivity contribution in [2.75, 3.05) is 6.54 Å². The van der Waals surface area contributed by atoms with Crippen molar-refractivity contribution in [1.82, 2.24) is 5.32 Å². The highest BCUT2D eigenvalue weighted by Crippen LogP contribution is 2.52. The summed E-state index contributed by atoms with van der Waals surface area (Å²) in [7, 11) is 0. The molecule has 0 unspecified atom stereocenters. The van der Waals surface area contributed by atoms with Crippen molar-refractivity contribution in [1.29, 1.82) is 0 Å². The van der Waals surface area contributed by atoms with Crippen LogP contribution >= 0.6 is 0 Å². The minimum Gasteiger partial charge on any atom is -0.478 e. The molecule has 33 heavy (non-hydrogen) atoms. The van der Waals surface area contributed by atoms with Gasteiger partial charge < -0.3 is 15.5 Å². The van der Waals surface area contributed by atoms with Crippen LogP contribution in [0.5, 0.6) is 0 Å². The molecular formula is C19H20F9NO4. The molecule has 0 spiro atoms. The first-order chi connectivity index (χ1) is 15.0. The van der Waals surface area contributed by atoms with E-state index in [9.17, 15) is 49.1 Å². The SMILES string of the molecule is FC(F)(F)C(F)(F)C(F)(F)C(F)(F)CNC1CCCCC1.O=C(O)c1ccccc1C(=O)O. The molecule has 0 aliphatic heterocycles. The minimum atomic E-state index is -6.81. The van der Waals surface area contributed by atoms with Crippen molar-refractivity contribution in [2.45, 2.75) is 62.1 Å². The van der Waals surface area contributed by atoms with Crippen LogP contribution in [0.3, 0.4) is 0 Å². The summed E-state index contributed by atoms with van der Waals surface area (Å²) < 4.78 is 113. The van der Waals surface area contributed by atoms with Gasteiger partial charge in [-0.05, 0) is 25.0 Å². The van der Waals surface area contributed by atoms with Crippen molar-refractivity contribution in [3.05, 3.63) is 35.4 Å². The Kier molecular flexibility index (Phi) is 9.17. The Morgan fingerprint density at radius 3 is 1.58 bits per heavy atom. The molecule has 5 nitrogen and oxygen atoms in total. The van der Waals surface area contributed by atoms with Crippen molar-refractivity contribution < 1.29 is 59.3 Å². The molecule has 14 heteroatoms. The van der Waals surface area contributed by atoms with E-state index in [2.05, 4.69) is 0 Å². The van der Waals surface area contributed by atoms with Gasteiger partial charge in [0.05, 0.1) is 17.7 Å². The number of carboxylic acids is 2. The average Bonchev–Trinajstić information content (AvgIpc) is 2.72. The van der Waals surface area contributed by atoms with E-state index in [1.54, 1.807) is 0 Å². The predicted octanol–water partition coefficient (Wildman–Crippen LogP) is 5.46. The first-order valence-corrected chi connectivity index (χ1v) is 9.45. The smallest absolute Gasteiger partial charge is 0.460 e. The molecule has 0 aromatic heterocycles. The zero-order valence-electron chi connectivity index (χ0n) is 16.7. The lowest BCUT2D eigenvalue weighted by Gasteiger charge is -2.35. The Morgan fingerprint density at radius 2 is 1.21 bits per heavy atom. The Balaban J connectivity index is 0.000000383. The topological polar surface area (TPSA) is 86.6 Å². The minimum absolute atomic E-state index is 0.190. The van der Waals surface area contributed by atoms with Crippen molar-refractivity contribution in [3.63, 3.8) is 0 Å². The third kappa shape index (κ3) is 6.74. The molecule has 3 N–H and O–H groups in total. The number of halogens is 9. The maximum absolute atomic E-state index is 13.2. The number of nitrogens with one attached hydrogen (secondary N) is 1. The summed E-state index contributed by atoms with van der Waals surface area (Å²) in [6.07, 6.45) is -3.85. The molecular weight excluding hydrogens is 477 g/mol. The maximum Gasteiger partial charge on any atom is 0.460 e. The van der Waals surface area contributed by atoms with Gasteiger partial charge in [-0.1, -0.05) is 31.4 Å². The number of hydrogen-bond donors (Lipinski definition) is 3. The molecule has 1 fully saturated rings. The van der Waals surface area contributed by atoms with E-state index in [1.165, 1.54) is 24.3 Å². The summed E-state index contributed by atoms with van der Waals surface area (Å²) in [5.74, 6) is -21.3. The van der Waals surface area contributed by atoms with Gasteiger partial charge in [0.1, 0.15) is 0 Å². The second-order valence-electron chi connectivity index (χ2n) is 7.22. The molecule has 0 amide bonds. The first-order valence-electron chi connectivity index (χ1n) is 9.45. The molecule has 0 atom stereocenters. The van der Waals surface area contributed by atoms with Crippen LogP contribution in [-0.2, 0) is 0 Å². The van der Waals surface area contributed by atoms with Crippen molar-refractivity contribution in [2.24, 2.45) is 0 Å². The predicted molar refractivity (Wildman–Crippen MR) is 96.1 cm³/mol. The fourth-order valence-corrected chi connectivity index (χ4v) is 2.95. The lowest BCUT2D eigenvalue weighted by Crippen LogP contribution is -2.63. The summed E-state index contributed by atoms with van der Waals surface area (Å²) in [5, 5.41) is 19.1. The third-order valence-corrected chi connectivity index (χ3v) is 4.82. The molecule has 1 aromatic carbocycles. The summed E-state index contributed by atoms with van der Waals surface area (Å²) in [5.41, 5.74) is -0.380. The van der Waals surface area contributed by atoms with Gasteiger partial charge in [-0.2, -0.15) is 39.5 Å². The van der Waals surface area contributed by atoms with Gasteiger partial charge in [0, 0.05) is 6.04 Å². The molecule has 2 rings (SSSR count). The van der Waals surface area contributed by atoms with Crippen molar-refractivity contribution >= 4 is 11.9 Å². The summed E-state index contributed by atoms with van der Waals surface area (Å²) in [4.78, 5) is 20.9. The number of carbonyl (C=O) groups is 2. The first kappa shape index (κ1) is 28.5. The van der Waals surface area contributed by atoms with Crippen molar-refractivity contribution in [3.8, 4) is 0 Å². The van der Waals surface area contributed by atoms with Gasteiger partial charge in [0.15, 0.2) is 0 Å². The van der Waals surface area contributed by atoms with Crippen LogP contribution in [0.25, 0.3) is 0 Å². The molecule has 1 aliphatic carbocycles. The molecule has 0 saturated heterocycles. The van der Waals surface area contributed by atoms with Gasteiger partial charge in [-0.15, -0.1) is 0 Å². The molecule has 1 aliphatic rings. The van der Waals surface area contributed by atoms with Crippen LogP contribution in [-0.4, -0.2) is 58.7 Å². The Hall–Kier alpha value is -2.51. The normalized spacial score (nSPS) is 16.0. The Bertz CT molecular complexity index is 789.